The molecule has 0 radical (unpaired) electrons. The van der Waals surface area contributed by atoms with Gasteiger partial charge in [0.15, 0.2) is 0 Å². The van der Waals surface area contributed by atoms with Gasteiger partial charge in [-0.3, -0.25) is 4.79 Å². The molecule has 0 aliphatic carbocycles. The number of para-hydroxylation sites is 1. The van der Waals surface area contributed by atoms with Crippen LogP contribution in [0.15, 0.2) is 83.8 Å². The molecule has 0 fully saturated rings. The van der Waals surface area contributed by atoms with Crippen molar-refractivity contribution in [3.63, 3.8) is 0 Å². The zero-order valence-corrected chi connectivity index (χ0v) is 15.6. The number of aromatic nitrogens is 1. The molecular formula is C23H16ClNO3. The zero-order chi connectivity index (χ0) is 19.7. The Balaban J connectivity index is 1.79. The molecule has 4 aromatic rings. The lowest BCUT2D eigenvalue weighted by molar-refractivity contribution is 0.0695. The van der Waals surface area contributed by atoms with Gasteiger partial charge in [-0.1, -0.05) is 66.2 Å². The minimum absolute atomic E-state index is 0.254. The van der Waals surface area contributed by atoms with Gasteiger partial charge in [0.05, 0.1) is 5.52 Å². The number of hydrogen-bond acceptors (Lipinski definition) is 2. The van der Waals surface area contributed by atoms with E-state index in [2.05, 4.69) is 0 Å². The highest BCUT2D eigenvalue weighted by Gasteiger charge is 2.15. The second kappa shape index (κ2) is 7.33. The lowest BCUT2D eigenvalue weighted by Gasteiger charge is -2.14. The Labute approximate surface area is 166 Å². The molecule has 1 N–H and O–H groups in total. The van der Waals surface area contributed by atoms with Crippen LogP contribution in [0.1, 0.15) is 15.9 Å². The fourth-order valence-electron chi connectivity index (χ4n) is 3.30. The van der Waals surface area contributed by atoms with E-state index >= 15 is 0 Å². The number of rotatable bonds is 4. The molecule has 4 rings (SSSR count). The summed E-state index contributed by atoms with van der Waals surface area (Å²) in [6, 6.07) is 22.7. The molecule has 0 bridgehead atoms. The molecule has 0 saturated carbocycles. The van der Waals surface area contributed by atoms with E-state index in [0.29, 0.717) is 22.5 Å². The Hall–Kier alpha value is -3.37. The predicted molar refractivity (Wildman–Crippen MR) is 111 cm³/mol. The van der Waals surface area contributed by atoms with Gasteiger partial charge in [0.2, 0.25) is 5.43 Å². The van der Waals surface area contributed by atoms with Crippen molar-refractivity contribution in [2.45, 2.75) is 6.54 Å². The fraction of sp³-hybridized carbons (Fsp3) is 0.0435. The molecule has 0 saturated heterocycles. The highest BCUT2D eigenvalue weighted by Crippen LogP contribution is 2.27. The number of fused-ring (bicyclic) bond motifs is 1. The summed E-state index contributed by atoms with van der Waals surface area (Å²) < 4.78 is 1.75. The summed E-state index contributed by atoms with van der Waals surface area (Å²) in [5, 5.41) is 10.4. The van der Waals surface area contributed by atoms with Gasteiger partial charge in [-0.15, -0.1) is 0 Å². The molecule has 0 unspecified atom stereocenters. The van der Waals surface area contributed by atoms with E-state index in [1.165, 1.54) is 6.20 Å². The van der Waals surface area contributed by atoms with E-state index in [9.17, 15) is 14.7 Å². The number of benzene rings is 3. The summed E-state index contributed by atoms with van der Waals surface area (Å²) >= 11 is 6.52. The summed E-state index contributed by atoms with van der Waals surface area (Å²) in [5.74, 6) is -1.24. The number of carbonyl (C=O) groups is 1. The average molecular weight is 390 g/mol. The maximum atomic E-state index is 12.4. The van der Waals surface area contributed by atoms with Gasteiger partial charge < -0.3 is 9.67 Å². The molecule has 1 heterocycles. The van der Waals surface area contributed by atoms with Crippen LogP contribution in [0.25, 0.3) is 22.0 Å². The molecule has 4 nitrogen and oxygen atoms in total. The molecule has 0 aliphatic heterocycles. The Kier molecular flexibility index (Phi) is 4.72. The molecule has 1 aromatic heterocycles. The van der Waals surface area contributed by atoms with Gasteiger partial charge in [0.25, 0.3) is 0 Å². The van der Waals surface area contributed by atoms with Crippen molar-refractivity contribution >= 4 is 28.5 Å². The Bertz CT molecular complexity index is 1250. The first-order valence-electron chi connectivity index (χ1n) is 8.74. The Morgan fingerprint density at radius 2 is 1.64 bits per heavy atom. The van der Waals surface area contributed by atoms with E-state index in [1.807, 2.05) is 54.6 Å². The predicted octanol–water partition coefficient (Wildman–Crippen LogP) is 5.07. The highest BCUT2D eigenvalue weighted by atomic mass is 35.5. The molecule has 0 atom stereocenters. The molecule has 0 spiro atoms. The monoisotopic (exact) mass is 389 g/mol. The van der Waals surface area contributed by atoms with Gasteiger partial charge >= 0.3 is 5.97 Å². The minimum Gasteiger partial charge on any atom is -0.477 e. The SMILES string of the molecule is O=C(O)c1cn(Cc2ccc(-c3ccccc3)cc2Cl)c2ccccc2c1=O. The topological polar surface area (TPSA) is 59.3 Å². The molecule has 0 amide bonds. The molecule has 5 heteroatoms. The first kappa shape index (κ1) is 18.0. The van der Waals surface area contributed by atoms with Crippen molar-refractivity contribution in [2.75, 3.05) is 0 Å². The number of halogens is 1. The summed E-state index contributed by atoms with van der Waals surface area (Å²) in [5.41, 5.74) is 2.84. The van der Waals surface area contributed by atoms with Crippen LogP contribution >= 0.6 is 11.6 Å². The van der Waals surface area contributed by atoms with Gasteiger partial charge in [0, 0.05) is 23.2 Å². The first-order valence-corrected chi connectivity index (χ1v) is 9.12. The second-order valence-corrected chi connectivity index (χ2v) is 6.90. The third-order valence-electron chi connectivity index (χ3n) is 4.72. The number of hydrogen-bond donors (Lipinski definition) is 1. The van der Waals surface area contributed by atoms with Gasteiger partial charge in [-0.25, -0.2) is 4.79 Å². The van der Waals surface area contributed by atoms with E-state index in [-0.39, 0.29) is 5.56 Å². The third-order valence-corrected chi connectivity index (χ3v) is 5.07. The van der Waals surface area contributed by atoms with Crippen LogP contribution in [0.5, 0.6) is 0 Å². The minimum atomic E-state index is -1.24. The van der Waals surface area contributed by atoms with Crippen molar-refractivity contribution in [3.05, 3.63) is 105 Å². The van der Waals surface area contributed by atoms with E-state index in [4.69, 9.17) is 11.6 Å². The third kappa shape index (κ3) is 3.30. The summed E-state index contributed by atoms with van der Waals surface area (Å²) in [6.45, 7) is 0.356. The first-order chi connectivity index (χ1) is 13.5. The standard InChI is InChI=1S/C23H16ClNO3/c24-20-12-16(15-6-2-1-3-7-15)10-11-17(20)13-25-14-19(23(27)28)22(26)18-8-4-5-9-21(18)25/h1-12,14H,13H2,(H,27,28). The second-order valence-electron chi connectivity index (χ2n) is 6.49. The lowest BCUT2D eigenvalue weighted by atomic mass is 10.0. The van der Waals surface area contributed by atoms with Crippen LogP contribution in [0.4, 0.5) is 0 Å². The number of carboxylic acid groups (broad SMARTS) is 1. The Morgan fingerprint density at radius 1 is 0.929 bits per heavy atom. The van der Waals surface area contributed by atoms with Crippen molar-refractivity contribution in [2.24, 2.45) is 0 Å². The van der Waals surface area contributed by atoms with Crippen molar-refractivity contribution in [1.82, 2.24) is 4.57 Å². The molecule has 28 heavy (non-hydrogen) atoms. The number of nitrogens with zero attached hydrogens (tertiary/aromatic N) is 1. The summed E-state index contributed by atoms with van der Waals surface area (Å²) in [6.07, 6.45) is 1.38. The van der Waals surface area contributed by atoms with E-state index < -0.39 is 11.4 Å². The summed E-state index contributed by atoms with van der Waals surface area (Å²) in [7, 11) is 0. The molecule has 0 aliphatic rings. The van der Waals surface area contributed by atoms with Crippen LogP contribution in [-0.2, 0) is 6.54 Å². The van der Waals surface area contributed by atoms with E-state index in [1.54, 1.807) is 22.8 Å². The van der Waals surface area contributed by atoms with Crippen LogP contribution in [0.3, 0.4) is 0 Å². The maximum Gasteiger partial charge on any atom is 0.341 e. The van der Waals surface area contributed by atoms with Gasteiger partial charge in [-0.05, 0) is 34.9 Å². The number of pyridine rings is 1. The van der Waals surface area contributed by atoms with Gasteiger partial charge in [0.1, 0.15) is 5.56 Å². The quantitative estimate of drug-likeness (QED) is 0.530. The van der Waals surface area contributed by atoms with Crippen molar-refractivity contribution < 1.29 is 9.90 Å². The largest absolute Gasteiger partial charge is 0.477 e. The maximum absolute atomic E-state index is 12.4. The van der Waals surface area contributed by atoms with Crippen LogP contribution in [0.2, 0.25) is 5.02 Å². The molecule has 3 aromatic carbocycles. The van der Waals surface area contributed by atoms with Crippen LogP contribution in [-0.4, -0.2) is 15.6 Å². The Morgan fingerprint density at radius 3 is 2.36 bits per heavy atom. The smallest absolute Gasteiger partial charge is 0.341 e. The summed E-state index contributed by atoms with van der Waals surface area (Å²) in [4.78, 5) is 23.9. The fourth-order valence-corrected chi connectivity index (χ4v) is 3.54. The average Bonchev–Trinajstić information content (AvgIpc) is 2.72. The van der Waals surface area contributed by atoms with E-state index in [0.717, 1.165) is 16.7 Å². The normalized spacial score (nSPS) is 10.9. The number of carboxylic acids is 1. The molecule has 138 valence electrons. The van der Waals surface area contributed by atoms with Crippen molar-refractivity contribution in [1.29, 1.82) is 0 Å². The lowest BCUT2D eigenvalue weighted by Crippen LogP contribution is -2.19. The molecular weight excluding hydrogens is 374 g/mol. The zero-order valence-electron chi connectivity index (χ0n) is 14.8. The van der Waals surface area contributed by atoms with Crippen molar-refractivity contribution in [3.8, 4) is 11.1 Å². The van der Waals surface area contributed by atoms with Crippen LogP contribution in [0, 0.1) is 0 Å². The van der Waals surface area contributed by atoms with Gasteiger partial charge in [-0.2, -0.15) is 0 Å². The number of aromatic carboxylic acids is 1. The van der Waals surface area contributed by atoms with Crippen LogP contribution < -0.4 is 5.43 Å². The highest BCUT2D eigenvalue weighted by molar-refractivity contribution is 6.31.